The van der Waals surface area contributed by atoms with E-state index in [1.807, 2.05) is 66.4 Å². The van der Waals surface area contributed by atoms with Crippen molar-refractivity contribution in [2.75, 3.05) is 12.3 Å². The zero-order valence-electron chi connectivity index (χ0n) is 20.1. The summed E-state index contributed by atoms with van der Waals surface area (Å²) in [4.78, 5) is 33.6. The van der Waals surface area contributed by atoms with Gasteiger partial charge in [0.2, 0.25) is 5.91 Å². The van der Waals surface area contributed by atoms with Gasteiger partial charge in [0.05, 0.1) is 17.9 Å². The van der Waals surface area contributed by atoms with E-state index in [-0.39, 0.29) is 23.9 Å². The van der Waals surface area contributed by atoms with Gasteiger partial charge in [-0.1, -0.05) is 67.6 Å². The van der Waals surface area contributed by atoms with Crippen molar-refractivity contribution in [2.24, 2.45) is 0 Å². The molecular weight excluding hydrogens is 458 g/mol. The van der Waals surface area contributed by atoms with Crippen LogP contribution in [-0.4, -0.2) is 42.4 Å². The summed E-state index contributed by atoms with van der Waals surface area (Å²) in [5.41, 5.74) is 3.52. The zero-order chi connectivity index (χ0) is 24.4. The smallest absolute Gasteiger partial charge is 0.265 e. The Morgan fingerprint density at radius 3 is 2.77 bits per heavy atom. The van der Waals surface area contributed by atoms with E-state index in [1.54, 1.807) is 15.4 Å². The highest BCUT2D eigenvalue weighted by molar-refractivity contribution is 7.99. The minimum absolute atomic E-state index is 0.0724. The van der Waals surface area contributed by atoms with Crippen molar-refractivity contribution in [1.82, 2.24) is 24.2 Å². The molecule has 0 bridgehead atoms. The summed E-state index contributed by atoms with van der Waals surface area (Å²) in [5, 5.41) is 5.58. The van der Waals surface area contributed by atoms with Crippen molar-refractivity contribution in [3.05, 3.63) is 82.3 Å². The Morgan fingerprint density at radius 1 is 1.17 bits per heavy atom. The Bertz CT molecular complexity index is 1410. The van der Waals surface area contributed by atoms with Crippen molar-refractivity contribution < 1.29 is 4.79 Å². The highest BCUT2D eigenvalue weighted by atomic mass is 32.2. The summed E-state index contributed by atoms with van der Waals surface area (Å²) in [7, 11) is 0. The molecule has 35 heavy (non-hydrogen) atoms. The van der Waals surface area contributed by atoms with E-state index >= 15 is 0 Å². The molecule has 0 saturated heterocycles. The van der Waals surface area contributed by atoms with E-state index in [0.717, 1.165) is 29.7 Å². The normalized spacial score (nSPS) is 14.9. The number of benzene rings is 2. The van der Waals surface area contributed by atoms with Crippen LogP contribution >= 0.6 is 11.8 Å². The average molecular weight is 488 g/mol. The molecule has 1 unspecified atom stereocenters. The van der Waals surface area contributed by atoms with Crippen LogP contribution in [0.4, 0.5) is 0 Å². The predicted octanol–water partition coefficient (Wildman–Crippen LogP) is 4.76. The van der Waals surface area contributed by atoms with Crippen molar-refractivity contribution in [2.45, 2.75) is 50.9 Å². The topological polar surface area (TPSA) is 73.0 Å². The molecule has 0 aliphatic carbocycles. The fourth-order valence-electron chi connectivity index (χ4n) is 4.50. The third-order valence-corrected chi connectivity index (χ3v) is 7.48. The summed E-state index contributed by atoms with van der Waals surface area (Å²) in [6.45, 7) is 5.45. The highest BCUT2D eigenvalue weighted by Crippen LogP contribution is 2.34. The van der Waals surface area contributed by atoms with Crippen LogP contribution in [0.2, 0.25) is 0 Å². The van der Waals surface area contributed by atoms with Crippen LogP contribution in [0.5, 0.6) is 0 Å². The number of aryl methyl sites for hydroxylation is 1. The number of thioether (sulfide) groups is 1. The lowest BCUT2D eigenvalue weighted by Gasteiger charge is -2.24. The summed E-state index contributed by atoms with van der Waals surface area (Å²) in [6.07, 6.45) is 3.85. The molecular formula is C27H29N5O2S. The number of aromatic nitrogens is 4. The van der Waals surface area contributed by atoms with Gasteiger partial charge in [-0.2, -0.15) is 5.10 Å². The number of fused-ring (bicyclic) bond motifs is 2. The molecule has 0 radical (unpaired) electrons. The number of rotatable bonds is 8. The molecule has 5 rings (SSSR count). The second kappa shape index (κ2) is 10.1. The number of hydrogen-bond acceptors (Lipinski definition) is 5. The van der Waals surface area contributed by atoms with Gasteiger partial charge < -0.3 is 4.90 Å². The quantitative estimate of drug-likeness (QED) is 0.335. The van der Waals surface area contributed by atoms with Gasteiger partial charge in [-0.15, -0.1) is 0 Å². The Balaban J connectivity index is 1.42. The summed E-state index contributed by atoms with van der Waals surface area (Å²) in [6, 6.07) is 17.8. The first-order valence-electron chi connectivity index (χ1n) is 12.1. The zero-order valence-corrected chi connectivity index (χ0v) is 20.9. The first-order chi connectivity index (χ1) is 17.0. The lowest BCUT2D eigenvalue weighted by molar-refractivity contribution is -0.132. The summed E-state index contributed by atoms with van der Waals surface area (Å²) in [5.74, 6) is 0.731. The molecule has 1 aliphatic heterocycles. The van der Waals surface area contributed by atoms with E-state index in [4.69, 9.17) is 4.98 Å². The highest BCUT2D eigenvalue weighted by Gasteiger charge is 2.31. The first kappa shape index (κ1) is 23.4. The van der Waals surface area contributed by atoms with Gasteiger partial charge >= 0.3 is 0 Å². The maximum atomic E-state index is 13.5. The van der Waals surface area contributed by atoms with E-state index in [9.17, 15) is 9.59 Å². The minimum Gasteiger partial charge on any atom is -0.338 e. The van der Waals surface area contributed by atoms with E-state index in [2.05, 4.69) is 12.0 Å². The van der Waals surface area contributed by atoms with Crippen LogP contribution in [-0.2, 0) is 11.3 Å². The van der Waals surface area contributed by atoms with Gasteiger partial charge in [0.15, 0.2) is 10.8 Å². The first-order valence-corrected chi connectivity index (χ1v) is 13.1. The monoisotopic (exact) mass is 487 g/mol. The molecule has 1 amide bonds. The molecule has 0 saturated carbocycles. The van der Waals surface area contributed by atoms with Crippen LogP contribution < -0.4 is 5.56 Å². The van der Waals surface area contributed by atoms with Crippen LogP contribution in [0.1, 0.15) is 43.4 Å². The Labute approximate surface area is 208 Å². The number of hydrogen-bond donors (Lipinski definition) is 0. The molecule has 1 aliphatic rings. The second-order valence-corrected chi connectivity index (χ2v) is 10.0. The second-order valence-electron chi connectivity index (χ2n) is 9.03. The summed E-state index contributed by atoms with van der Waals surface area (Å²) >= 11 is 1.53. The van der Waals surface area contributed by atoms with Gasteiger partial charge in [-0.3, -0.25) is 14.2 Å². The Morgan fingerprint density at radius 2 is 2.00 bits per heavy atom. The molecule has 2 aromatic carbocycles. The Hall–Kier alpha value is -3.39. The van der Waals surface area contributed by atoms with Crippen LogP contribution in [0.25, 0.3) is 16.7 Å². The lowest BCUT2D eigenvalue weighted by atomic mass is 10.1. The molecule has 2 aromatic heterocycles. The number of carbonyl (C=O) groups is 1. The minimum atomic E-state index is -0.214. The van der Waals surface area contributed by atoms with Crippen molar-refractivity contribution in [3.8, 4) is 5.69 Å². The van der Waals surface area contributed by atoms with E-state index in [1.165, 1.54) is 11.8 Å². The third kappa shape index (κ3) is 4.75. The molecule has 180 valence electrons. The van der Waals surface area contributed by atoms with Crippen LogP contribution in [0.15, 0.2) is 70.7 Å². The molecule has 8 heteroatoms. The average Bonchev–Trinajstić information content (AvgIpc) is 3.47. The fraction of sp³-hybridized carbons (Fsp3) is 0.333. The lowest BCUT2D eigenvalue weighted by Crippen LogP contribution is -2.35. The summed E-state index contributed by atoms with van der Waals surface area (Å²) < 4.78 is 3.42. The molecule has 7 nitrogen and oxygen atoms in total. The van der Waals surface area contributed by atoms with Gasteiger partial charge in [0.1, 0.15) is 5.39 Å². The molecule has 3 heterocycles. The maximum absolute atomic E-state index is 13.5. The van der Waals surface area contributed by atoms with Crippen molar-refractivity contribution >= 4 is 28.7 Å². The van der Waals surface area contributed by atoms with Crippen LogP contribution in [0, 0.1) is 6.92 Å². The number of amides is 1. The van der Waals surface area contributed by atoms with Gasteiger partial charge in [0, 0.05) is 25.3 Å². The van der Waals surface area contributed by atoms with Gasteiger partial charge in [-0.05, 0) is 36.6 Å². The van der Waals surface area contributed by atoms with Crippen molar-refractivity contribution in [1.29, 1.82) is 0 Å². The predicted molar refractivity (Wildman–Crippen MR) is 139 cm³/mol. The van der Waals surface area contributed by atoms with E-state index < -0.39 is 0 Å². The Kier molecular flexibility index (Phi) is 6.72. The molecule has 0 N–H and O–H groups in total. The molecule has 1 atom stereocenters. The SMILES string of the molecule is CCCCN(Cc1ccccc1)C(=O)CC1CSc2nc3c(cnn3-c3cccc(C)c3)c(=O)n21. The standard InChI is InChI=1S/C27H29N5O2S/c1-3-4-13-30(17-20-10-6-5-7-11-20)24(33)15-22-18-35-27-29-25-23(26(34)31(22)27)16-28-32(25)21-12-8-9-19(2)14-21/h5-12,14,16,22H,3-4,13,15,17-18H2,1-2H3. The molecule has 0 fully saturated rings. The molecule has 0 spiro atoms. The van der Waals surface area contributed by atoms with Crippen LogP contribution in [0.3, 0.4) is 0 Å². The van der Waals surface area contributed by atoms with Gasteiger partial charge in [-0.25, -0.2) is 9.67 Å². The van der Waals surface area contributed by atoms with E-state index in [0.29, 0.717) is 35.0 Å². The largest absolute Gasteiger partial charge is 0.338 e. The maximum Gasteiger partial charge on any atom is 0.265 e. The van der Waals surface area contributed by atoms with Crippen molar-refractivity contribution in [3.63, 3.8) is 0 Å². The number of nitrogens with zero attached hydrogens (tertiary/aromatic N) is 5. The number of unbranched alkanes of at least 4 members (excludes halogenated alkanes) is 1. The van der Waals surface area contributed by atoms with Gasteiger partial charge in [0.25, 0.3) is 5.56 Å². The molecule has 4 aromatic rings. The fourth-order valence-corrected chi connectivity index (χ4v) is 5.64. The number of carbonyl (C=O) groups excluding carboxylic acids is 1. The third-order valence-electron chi connectivity index (χ3n) is 6.38.